The Hall–Kier alpha value is -0.960. The Bertz CT molecular complexity index is 639. The van der Waals surface area contributed by atoms with E-state index in [2.05, 4.69) is 4.74 Å². The number of esters is 1. The average molecular weight is 332 g/mol. The summed E-state index contributed by atoms with van der Waals surface area (Å²) in [5, 5.41) is 1.67. The van der Waals surface area contributed by atoms with E-state index in [1.807, 2.05) is 6.92 Å². The van der Waals surface area contributed by atoms with Gasteiger partial charge in [0.1, 0.15) is 9.77 Å². The lowest BCUT2D eigenvalue weighted by Crippen LogP contribution is -2.35. The Balaban J connectivity index is 2.46. The number of carbonyl (C=O) groups excluding carboxylic acids is 1. The molecular formula is C13H20N2O4S2. The molecule has 1 aliphatic rings. The minimum Gasteiger partial charge on any atom is -0.465 e. The zero-order valence-electron chi connectivity index (χ0n) is 12.3. The monoisotopic (exact) mass is 332 g/mol. The van der Waals surface area contributed by atoms with Crippen molar-refractivity contribution in [1.82, 2.24) is 4.31 Å². The molecule has 2 unspecified atom stereocenters. The Labute approximate surface area is 128 Å². The van der Waals surface area contributed by atoms with Crippen molar-refractivity contribution in [2.45, 2.75) is 31.2 Å². The second-order valence-corrected chi connectivity index (χ2v) is 8.04. The van der Waals surface area contributed by atoms with Crippen LogP contribution in [0.2, 0.25) is 0 Å². The molecule has 2 N–H and O–H groups in total. The molecule has 1 aromatic rings. The molecule has 0 amide bonds. The smallest absolute Gasteiger partial charge is 0.349 e. The normalized spacial score (nSPS) is 23.4. The van der Waals surface area contributed by atoms with Gasteiger partial charge in [-0.05, 0) is 43.7 Å². The Morgan fingerprint density at radius 1 is 1.57 bits per heavy atom. The van der Waals surface area contributed by atoms with Gasteiger partial charge in [-0.15, -0.1) is 11.3 Å². The summed E-state index contributed by atoms with van der Waals surface area (Å²) in [5.74, 6) is -0.454. The van der Waals surface area contributed by atoms with E-state index in [1.165, 1.54) is 11.4 Å². The lowest BCUT2D eigenvalue weighted by atomic mass is 10.1. The average Bonchev–Trinajstić information content (AvgIpc) is 3.01. The molecule has 21 heavy (non-hydrogen) atoms. The fraction of sp³-hybridized carbons (Fsp3) is 0.615. The summed E-state index contributed by atoms with van der Waals surface area (Å²) in [6, 6.07) is -0.117. The predicted octanol–water partition coefficient (Wildman–Crippen LogP) is 1.20. The maximum absolute atomic E-state index is 12.9. The molecule has 1 fully saturated rings. The highest BCUT2D eigenvalue weighted by atomic mass is 32.2. The predicted molar refractivity (Wildman–Crippen MR) is 80.9 cm³/mol. The standard InChI is InChI=1S/C13H20N2O4S2/c1-8-7-20-11(13(16)19-3)12(8)21(17,18)15-6-10(5-14)4-9(15)2/h7,9-10H,4-6,14H2,1-3H3. The number of ether oxygens (including phenoxy) is 1. The van der Waals surface area contributed by atoms with E-state index in [9.17, 15) is 13.2 Å². The van der Waals surface area contributed by atoms with Crippen LogP contribution < -0.4 is 5.73 Å². The quantitative estimate of drug-likeness (QED) is 0.837. The van der Waals surface area contributed by atoms with Crippen LogP contribution in [0, 0.1) is 12.8 Å². The third kappa shape index (κ3) is 2.85. The molecule has 1 aromatic heterocycles. The number of hydrogen-bond donors (Lipinski definition) is 1. The van der Waals surface area contributed by atoms with E-state index < -0.39 is 16.0 Å². The first-order chi connectivity index (χ1) is 9.82. The van der Waals surface area contributed by atoms with Gasteiger partial charge in [0, 0.05) is 12.6 Å². The number of sulfonamides is 1. The van der Waals surface area contributed by atoms with Gasteiger partial charge in [0.05, 0.1) is 7.11 Å². The number of methoxy groups -OCH3 is 1. The summed E-state index contributed by atoms with van der Waals surface area (Å²) in [7, 11) is -2.47. The fourth-order valence-corrected chi connectivity index (χ4v) is 6.10. The fourth-order valence-electron chi connectivity index (χ4n) is 2.72. The molecular weight excluding hydrogens is 312 g/mol. The molecule has 1 saturated heterocycles. The zero-order chi connectivity index (χ0) is 15.8. The molecule has 6 nitrogen and oxygen atoms in total. The van der Waals surface area contributed by atoms with E-state index in [-0.39, 0.29) is 21.7 Å². The minimum atomic E-state index is -3.72. The molecule has 0 aliphatic carbocycles. The van der Waals surface area contributed by atoms with Crippen LogP contribution in [0.5, 0.6) is 0 Å². The summed E-state index contributed by atoms with van der Waals surface area (Å²) in [6.45, 7) is 4.42. The second-order valence-electron chi connectivity index (χ2n) is 5.33. The van der Waals surface area contributed by atoms with Crippen molar-refractivity contribution in [1.29, 1.82) is 0 Å². The molecule has 2 heterocycles. The number of carbonyl (C=O) groups is 1. The van der Waals surface area contributed by atoms with Crippen molar-refractivity contribution >= 4 is 27.3 Å². The summed E-state index contributed by atoms with van der Waals surface area (Å²) >= 11 is 1.10. The van der Waals surface area contributed by atoms with Gasteiger partial charge in [-0.2, -0.15) is 4.31 Å². The molecule has 0 spiro atoms. The van der Waals surface area contributed by atoms with E-state index in [4.69, 9.17) is 5.73 Å². The van der Waals surface area contributed by atoms with E-state index in [0.717, 1.165) is 17.8 Å². The van der Waals surface area contributed by atoms with Crippen molar-refractivity contribution in [3.05, 3.63) is 15.8 Å². The van der Waals surface area contributed by atoms with E-state index >= 15 is 0 Å². The largest absolute Gasteiger partial charge is 0.465 e. The Morgan fingerprint density at radius 2 is 2.24 bits per heavy atom. The molecule has 0 bridgehead atoms. The van der Waals surface area contributed by atoms with Crippen LogP contribution in [0.15, 0.2) is 10.3 Å². The van der Waals surface area contributed by atoms with E-state index in [0.29, 0.717) is 18.7 Å². The lowest BCUT2D eigenvalue weighted by Gasteiger charge is -2.21. The topological polar surface area (TPSA) is 89.7 Å². The van der Waals surface area contributed by atoms with Gasteiger partial charge in [-0.25, -0.2) is 13.2 Å². The zero-order valence-corrected chi connectivity index (χ0v) is 14.0. The SMILES string of the molecule is COC(=O)c1scc(C)c1S(=O)(=O)N1CC(CN)CC1C. The first kappa shape index (κ1) is 16.4. The summed E-state index contributed by atoms with van der Waals surface area (Å²) < 4.78 is 32.0. The third-order valence-corrected chi connectivity index (χ3v) is 7.17. The summed E-state index contributed by atoms with van der Waals surface area (Å²) in [4.78, 5) is 12.0. The lowest BCUT2D eigenvalue weighted by molar-refractivity contribution is 0.0602. The van der Waals surface area contributed by atoms with Crippen molar-refractivity contribution in [3.63, 3.8) is 0 Å². The molecule has 1 aliphatic heterocycles. The molecule has 2 rings (SSSR count). The number of thiophene rings is 1. The van der Waals surface area contributed by atoms with Gasteiger partial charge in [-0.1, -0.05) is 0 Å². The van der Waals surface area contributed by atoms with Gasteiger partial charge in [0.15, 0.2) is 0 Å². The molecule has 0 radical (unpaired) electrons. The highest BCUT2D eigenvalue weighted by Crippen LogP contribution is 2.34. The molecule has 8 heteroatoms. The van der Waals surface area contributed by atoms with Crippen LogP contribution in [-0.2, 0) is 14.8 Å². The van der Waals surface area contributed by atoms with Crippen molar-refractivity contribution in [2.24, 2.45) is 11.7 Å². The van der Waals surface area contributed by atoms with Crippen molar-refractivity contribution in [2.75, 3.05) is 20.2 Å². The maximum atomic E-state index is 12.9. The van der Waals surface area contributed by atoms with Crippen LogP contribution in [0.1, 0.15) is 28.6 Å². The highest BCUT2D eigenvalue weighted by Gasteiger charge is 2.40. The number of nitrogens with two attached hydrogens (primary N) is 1. The number of nitrogens with zero attached hydrogens (tertiary/aromatic N) is 1. The summed E-state index contributed by atoms with van der Waals surface area (Å²) in [6.07, 6.45) is 0.743. The number of rotatable bonds is 4. The Morgan fingerprint density at radius 3 is 2.76 bits per heavy atom. The maximum Gasteiger partial charge on any atom is 0.349 e. The van der Waals surface area contributed by atoms with Gasteiger partial charge in [0.25, 0.3) is 0 Å². The molecule has 0 aromatic carbocycles. The van der Waals surface area contributed by atoms with Crippen molar-refractivity contribution in [3.8, 4) is 0 Å². The molecule has 2 atom stereocenters. The number of aryl methyl sites for hydroxylation is 1. The first-order valence-corrected chi connectivity index (χ1v) is 9.03. The van der Waals surface area contributed by atoms with Crippen LogP contribution in [0.4, 0.5) is 0 Å². The van der Waals surface area contributed by atoms with Crippen molar-refractivity contribution < 1.29 is 17.9 Å². The second kappa shape index (κ2) is 6.04. The molecule has 118 valence electrons. The van der Waals surface area contributed by atoms with Gasteiger partial charge >= 0.3 is 5.97 Å². The van der Waals surface area contributed by atoms with Gasteiger partial charge in [-0.3, -0.25) is 0 Å². The van der Waals surface area contributed by atoms with Gasteiger partial charge < -0.3 is 10.5 Å². The summed E-state index contributed by atoms with van der Waals surface area (Å²) in [5.41, 5.74) is 6.23. The van der Waals surface area contributed by atoms with Crippen LogP contribution in [0.25, 0.3) is 0 Å². The number of hydrogen-bond acceptors (Lipinski definition) is 6. The van der Waals surface area contributed by atoms with Crippen LogP contribution in [-0.4, -0.2) is 44.9 Å². The molecule has 0 saturated carbocycles. The highest BCUT2D eigenvalue weighted by molar-refractivity contribution is 7.89. The first-order valence-electron chi connectivity index (χ1n) is 6.71. The third-order valence-electron chi connectivity index (χ3n) is 3.79. The Kier molecular flexibility index (Phi) is 4.72. The van der Waals surface area contributed by atoms with Gasteiger partial charge in [0.2, 0.25) is 10.0 Å². The van der Waals surface area contributed by atoms with Crippen LogP contribution in [0.3, 0.4) is 0 Å². The van der Waals surface area contributed by atoms with E-state index in [1.54, 1.807) is 12.3 Å². The minimum absolute atomic E-state index is 0.0730. The van der Waals surface area contributed by atoms with Crippen LogP contribution >= 0.6 is 11.3 Å².